The molecule has 2 aromatic carbocycles. The summed E-state index contributed by atoms with van der Waals surface area (Å²) in [7, 11) is -16.9. The Morgan fingerprint density at radius 3 is 1.48 bits per heavy atom. The molecule has 6 rings (SSSR count). The number of benzene rings is 2. The number of nitrogens with one attached hydrogen (secondary N) is 5. The summed E-state index contributed by atoms with van der Waals surface area (Å²) in [6.07, 6.45) is -4.66. The SMILES string of the molecule is CC(O[Si](C)(C)C(C)(C)C)[C@@H]1NC(=O)[C@H]([C@@H](Cc2ccc(O[Si](C)(C)C(C)(C)C)cc2)O[Si](C)(C)C(C)(C)C)NC(=O)[C@@H]2C[C@@H](O[Si](C)(C)C(C)(C)C)CN2C(=O)[C@H](C(C)O[Si](C)(C)C(C)(C)C)NC(=O)[C@@H](NB2CO2)CCN(CC(=O)c2ccccc2)NC(=O)[C@@H]2[C@@H](O[Si](C)(C)C(C)(C)C)[C@@H](C)CN2C1=O. The Kier molecular flexibility index (Phi) is 29.0. The van der Waals surface area contributed by atoms with E-state index in [2.05, 4.69) is 230 Å². The van der Waals surface area contributed by atoms with E-state index in [0.717, 1.165) is 5.56 Å². The fraction of sp³-hybridized carbons (Fsp3) is 0.756. The van der Waals surface area contributed by atoms with Crippen molar-refractivity contribution in [2.45, 2.75) is 340 Å². The zero-order chi connectivity index (χ0) is 81.5. The van der Waals surface area contributed by atoms with Crippen LogP contribution in [0.2, 0.25) is 109 Å². The van der Waals surface area contributed by atoms with Crippen LogP contribution in [-0.2, 0) is 62.0 Å². The third kappa shape index (κ3) is 23.0. The summed E-state index contributed by atoms with van der Waals surface area (Å²) in [5.74, 6) is -4.06. The zero-order valence-electron chi connectivity index (χ0n) is 71.9. The van der Waals surface area contributed by atoms with Gasteiger partial charge in [-0.2, -0.15) is 0 Å². The number of rotatable bonds is 22. The molecule has 22 nitrogen and oxygen atoms in total. The summed E-state index contributed by atoms with van der Waals surface area (Å²) < 4.78 is 49.0. The molecule has 6 amide bonds. The van der Waals surface area contributed by atoms with E-state index in [1.807, 2.05) is 37.3 Å². The van der Waals surface area contributed by atoms with E-state index >= 15 is 28.8 Å². The number of amides is 6. The number of nitrogens with zero attached hydrogens (tertiary/aromatic N) is 3. The first-order chi connectivity index (χ1) is 48.4. The molecule has 0 aliphatic carbocycles. The molecular formula is C78H141BN8O14Si6. The Morgan fingerprint density at radius 2 is 1.00 bits per heavy atom. The zero-order valence-corrected chi connectivity index (χ0v) is 77.9. The van der Waals surface area contributed by atoms with Crippen LogP contribution in [0.4, 0.5) is 0 Å². The highest BCUT2D eigenvalue weighted by Gasteiger charge is 2.56. The maximum absolute atomic E-state index is 16.9. The summed E-state index contributed by atoms with van der Waals surface area (Å²) in [6.45, 7) is 68.7. The molecule has 0 saturated carbocycles. The molecule has 4 aliphatic rings. The van der Waals surface area contributed by atoms with Gasteiger partial charge in [0, 0.05) is 37.5 Å². The van der Waals surface area contributed by atoms with E-state index in [9.17, 15) is 4.79 Å². The van der Waals surface area contributed by atoms with E-state index in [0.29, 0.717) is 17.8 Å². The molecule has 107 heavy (non-hydrogen) atoms. The fourth-order valence-corrected chi connectivity index (χ4v) is 20.1. The molecule has 2 unspecified atom stereocenters. The lowest BCUT2D eigenvalue weighted by Crippen LogP contribution is -2.66. The van der Waals surface area contributed by atoms with Crippen molar-refractivity contribution >= 4 is 98.2 Å². The molecule has 0 spiro atoms. The van der Waals surface area contributed by atoms with Gasteiger partial charge >= 0.3 is 7.05 Å². The maximum atomic E-state index is 16.9. The van der Waals surface area contributed by atoms with Crippen molar-refractivity contribution < 1.29 is 64.8 Å². The Hall–Kier alpha value is -4.22. The van der Waals surface area contributed by atoms with Gasteiger partial charge < -0.3 is 62.2 Å². The van der Waals surface area contributed by atoms with Gasteiger partial charge in [0.05, 0.1) is 49.6 Å². The summed E-state index contributed by atoms with van der Waals surface area (Å²) in [6, 6.07) is 8.22. The molecule has 0 radical (unpaired) electrons. The highest BCUT2D eigenvalue weighted by molar-refractivity contribution is 6.76. The van der Waals surface area contributed by atoms with Crippen molar-refractivity contribution in [3.8, 4) is 5.75 Å². The van der Waals surface area contributed by atoms with Gasteiger partial charge in [-0.3, -0.25) is 39.0 Å². The normalized spacial score (nSPS) is 25.1. The number of fused-ring (bicyclic) bond motifs is 2. The molecule has 4 aliphatic heterocycles. The molecule has 5 N–H and O–H groups in total. The second-order valence-electron chi connectivity index (χ2n) is 40.3. The van der Waals surface area contributed by atoms with Crippen LogP contribution in [0.1, 0.15) is 174 Å². The van der Waals surface area contributed by atoms with Crippen molar-refractivity contribution in [3.05, 3.63) is 65.7 Å². The van der Waals surface area contributed by atoms with E-state index < -0.39 is 170 Å². The second-order valence-corrected chi connectivity index (χ2v) is 68.8. The van der Waals surface area contributed by atoms with Crippen LogP contribution in [0.15, 0.2) is 54.6 Å². The van der Waals surface area contributed by atoms with Crippen LogP contribution < -0.4 is 31.0 Å². The second kappa shape index (κ2) is 33.8. The average molecular weight is 1590 g/mol. The first-order valence-electron chi connectivity index (χ1n) is 39.1. The number of hydrogen-bond donors (Lipinski definition) is 5. The van der Waals surface area contributed by atoms with Crippen molar-refractivity contribution in [2.24, 2.45) is 5.92 Å². The third-order valence-corrected chi connectivity index (χ3v) is 52.4. The van der Waals surface area contributed by atoms with Crippen LogP contribution >= 0.6 is 0 Å². The van der Waals surface area contributed by atoms with Gasteiger partial charge in [-0.25, -0.2) is 5.01 Å². The Bertz CT molecular complexity index is 3430. The lowest BCUT2D eigenvalue weighted by atomic mass is 9.93. The Labute approximate surface area is 650 Å². The van der Waals surface area contributed by atoms with Crippen LogP contribution in [0.25, 0.3) is 0 Å². The molecule has 0 bridgehead atoms. The van der Waals surface area contributed by atoms with Crippen molar-refractivity contribution in [2.75, 3.05) is 32.7 Å². The minimum atomic E-state index is -2.99. The largest absolute Gasteiger partial charge is 0.544 e. The van der Waals surface area contributed by atoms with Gasteiger partial charge in [0.25, 0.3) is 5.91 Å². The predicted octanol–water partition coefficient (Wildman–Crippen LogP) is 13.1. The van der Waals surface area contributed by atoms with E-state index in [4.69, 9.17) is 31.2 Å². The van der Waals surface area contributed by atoms with E-state index in [-0.39, 0.29) is 76.4 Å². The third-order valence-electron chi connectivity index (χ3n) is 25.4. The minimum absolute atomic E-state index is 0.0146. The number of Topliss-reactive ketones (excluding diaryl/α,β-unsaturated/α-hetero) is 1. The summed E-state index contributed by atoms with van der Waals surface area (Å²) in [5, 5.41) is 12.6. The smallest absolute Gasteiger partial charge is 0.405 e. The van der Waals surface area contributed by atoms with E-state index in [1.54, 1.807) is 38.1 Å². The van der Waals surface area contributed by atoms with Gasteiger partial charge in [0.1, 0.15) is 36.0 Å². The van der Waals surface area contributed by atoms with Gasteiger partial charge in [-0.1, -0.05) is 174 Å². The number of carbonyl (C=O) groups excluding carboxylic acids is 7. The summed E-state index contributed by atoms with van der Waals surface area (Å²) >= 11 is 0. The first-order valence-corrected chi connectivity index (χ1v) is 56.6. The van der Waals surface area contributed by atoms with Crippen LogP contribution in [-0.4, -0.2) is 212 Å². The molecule has 604 valence electrons. The van der Waals surface area contributed by atoms with Gasteiger partial charge in [-0.15, -0.1) is 0 Å². The van der Waals surface area contributed by atoms with Gasteiger partial charge in [-0.05, 0) is 153 Å². The molecule has 12 atom stereocenters. The quantitative estimate of drug-likeness (QED) is 0.0417. The van der Waals surface area contributed by atoms with Gasteiger partial charge in [0.2, 0.25) is 37.9 Å². The standard InChI is InChI=1S/C78H141BN8O14Si6/c1-51-47-87-65(66(51)101-107(32,33)78(19,20)21)70(92)84-85(49-60(88)55-37-35-34-36-38-55)44-43-58(83-79-50-95-79)67(89)80-62(52(2)96-102(22,23)73(4,5)6)71(93)86-48-57(99-105(28,29)76(13,14)15)46-59(86)68(90)82-64(69(91)81-63(72(87)94)53(3)97-103(24,25)74(7,8)9)61(100-106(30,31)77(16,17)18)45-54-39-41-56(42-40-54)98-104(26,27)75(10,11)12/h34-42,51-53,57-59,61-66,83H,43-50H2,1-33H3,(H,80,89)(H,81,91)(H,82,90)(H,84,92)/t51-,52?,53?,57+,58-,59-,61+,62-,63-,64-,65-,66-/m0/s1. The fourth-order valence-electron chi connectivity index (χ4n) is 12.2. The number of ketones is 1. The summed E-state index contributed by atoms with van der Waals surface area (Å²) in [4.78, 5) is 116. The molecule has 4 saturated heterocycles. The monoisotopic (exact) mass is 1590 g/mol. The molecule has 0 aromatic heterocycles. The molecule has 2 aromatic rings. The Balaban J connectivity index is 1.71. The van der Waals surface area contributed by atoms with Crippen molar-refractivity contribution in [1.82, 2.24) is 41.4 Å². The Morgan fingerprint density at radius 1 is 0.551 bits per heavy atom. The molecule has 4 heterocycles. The molecule has 29 heteroatoms. The number of carbonyl (C=O) groups is 7. The van der Waals surface area contributed by atoms with Crippen LogP contribution in [0.5, 0.6) is 5.75 Å². The van der Waals surface area contributed by atoms with Crippen molar-refractivity contribution in [3.63, 3.8) is 0 Å². The predicted molar refractivity (Wildman–Crippen MR) is 444 cm³/mol. The average Bonchev–Trinajstić information content (AvgIpc) is 1.54. The molecular weight excluding hydrogens is 1450 g/mol. The minimum Gasteiger partial charge on any atom is -0.544 e. The van der Waals surface area contributed by atoms with E-state index in [1.165, 1.54) is 14.8 Å². The topological polar surface area (TPSA) is 257 Å². The van der Waals surface area contributed by atoms with Crippen LogP contribution in [0, 0.1) is 5.92 Å². The maximum Gasteiger partial charge on any atom is 0.405 e. The summed E-state index contributed by atoms with van der Waals surface area (Å²) in [5.41, 5.74) is 4.27. The highest BCUT2D eigenvalue weighted by Crippen LogP contribution is 2.45. The van der Waals surface area contributed by atoms with Crippen LogP contribution in [0.3, 0.4) is 0 Å². The highest BCUT2D eigenvalue weighted by atomic mass is 28.4. The lowest BCUT2D eigenvalue weighted by Gasteiger charge is -2.43. The lowest BCUT2D eigenvalue weighted by molar-refractivity contribution is -0.147. The first kappa shape index (κ1) is 91.7. The molecule has 4 fully saturated rings. The number of hydrazine groups is 1. The van der Waals surface area contributed by atoms with Gasteiger partial charge in [0.15, 0.2) is 47.4 Å². The van der Waals surface area contributed by atoms with Crippen molar-refractivity contribution in [1.29, 1.82) is 0 Å². The number of hydrogen-bond acceptors (Lipinski definition) is 16.